The average Bonchev–Trinajstić information content (AvgIpc) is 2.57. The summed E-state index contributed by atoms with van der Waals surface area (Å²) in [6.45, 7) is 9.88. The number of nitrogens with one attached hydrogen (secondary N) is 3. The van der Waals surface area contributed by atoms with Gasteiger partial charge in [0.25, 0.3) is 11.8 Å². The zero-order chi connectivity index (χ0) is 18.2. The number of halogens is 1. The third-order valence-electron chi connectivity index (χ3n) is 4.70. The zero-order valence-electron chi connectivity index (χ0n) is 15.1. The molecule has 3 N–H and O–H groups in total. The van der Waals surface area contributed by atoms with Gasteiger partial charge in [-0.25, -0.2) is 4.39 Å². The Morgan fingerprint density at radius 3 is 2.24 bits per heavy atom. The molecule has 6 nitrogen and oxygen atoms in total. The smallest absolute Gasteiger partial charge is 0.279 e. The molecule has 0 bridgehead atoms. The molecule has 0 aromatic heterocycles. The van der Waals surface area contributed by atoms with Gasteiger partial charge < -0.3 is 20.0 Å². The lowest BCUT2D eigenvalue weighted by molar-refractivity contribution is -1.00. The van der Waals surface area contributed by atoms with Crippen molar-refractivity contribution in [3.8, 4) is 0 Å². The predicted octanol–water partition coefficient (Wildman–Crippen LogP) is -1.58. The summed E-state index contributed by atoms with van der Waals surface area (Å²) in [5.74, 6) is -0.268. The van der Waals surface area contributed by atoms with Crippen molar-refractivity contribution in [1.82, 2.24) is 4.90 Å². The van der Waals surface area contributed by atoms with E-state index in [1.54, 1.807) is 12.1 Å². The van der Waals surface area contributed by atoms with Crippen LogP contribution in [0.1, 0.15) is 13.8 Å². The summed E-state index contributed by atoms with van der Waals surface area (Å²) in [6, 6.07) is 5.92. The van der Waals surface area contributed by atoms with Crippen LogP contribution in [0.3, 0.4) is 0 Å². The number of carbonyl (C=O) groups excluding carboxylic acids is 2. The van der Waals surface area contributed by atoms with Crippen LogP contribution in [0, 0.1) is 5.82 Å². The van der Waals surface area contributed by atoms with Gasteiger partial charge >= 0.3 is 0 Å². The first-order chi connectivity index (χ1) is 12.0. The zero-order valence-corrected chi connectivity index (χ0v) is 15.1. The molecule has 1 fully saturated rings. The molecule has 0 radical (unpaired) electrons. The van der Waals surface area contributed by atoms with E-state index >= 15 is 0 Å². The van der Waals surface area contributed by atoms with Gasteiger partial charge in [0, 0.05) is 18.8 Å². The summed E-state index contributed by atoms with van der Waals surface area (Å²) >= 11 is 0. The number of piperazine rings is 1. The number of hydrogen-bond acceptors (Lipinski definition) is 2. The molecule has 0 spiro atoms. The van der Waals surface area contributed by atoms with Gasteiger partial charge in [0.15, 0.2) is 13.1 Å². The van der Waals surface area contributed by atoms with Crippen LogP contribution in [-0.2, 0) is 9.59 Å². The summed E-state index contributed by atoms with van der Waals surface area (Å²) < 4.78 is 13.1. The van der Waals surface area contributed by atoms with Crippen molar-refractivity contribution in [2.75, 3.05) is 57.7 Å². The Kier molecular flexibility index (Phi) is 7.33. The number of carbonyl (C=O) groups is 2. The second kappa shape index (κ2) is 9.48. The summed E-state index contributed by atoms with van der Waals surface area (Å²) in [5.41, 5.74) is 0.485. The molecule has 1 heterocycles. The number of hydrogen-bond donors (Lipinski definition) is 3. The molecule has 1 aliphatic heterocycles. The molecule has 25 heavy (non-hydrogen) atoms. The van der Waals surface area contributed by atoms with Gasteiger partial charge in [-0.3, -0.25) is 9.59 Å². The lowest BCUT2D eigenvalue weighted by Gasteiger charge is -2.30. The molecule has 0 aliphatic carbocycles. The topological polar surface area (TPSA) is 58.3 Å². The van der Waals surface area contributed by atoms with Crippen molar-refractivity contribution in [2.24, 2.45) is 0 Å². The van der Waals surface area contributed by atoms with Crippen LogP contribution in [-0.4, -0.2) is 69.1 Å². The predicted molar refractivity (Wildman–Crippen MR) is 94.1 cm³/mol. The molecule has 2 amide bonds. The van der Waals surface area contributed by atoms with Crippen molar-refractivity contribution in [3.63, 3.8) is 0 Å². The highest BCUT2D eigenvalue weighted by Crippen LogP contribution is 2.08. The van der Waals surface area contributed by atoms with Crippen LogP contribution < -0.4 is 15.1 Å². The molecular weight excluding hydrogens is 323 g/mol. The molecule has 1 saturated heterocycles. The van der Waals surface area contributed by atoms with E-state index in [-0.39, 0.29) is 17.6 Å². The number of likely N-dealkylation sites (N-methyl/N-ethyl adjacent to an activating group) is 1. The Morgan fingerprint density at radius 2 is 1.68 bits per heavy atom. The Morgan fingerprint density at radius 1 is 1.08 bits per heavy atom. The fourth-order valence-corrected chi connectivity index (χ4v) is 3.21. The highest BCUT2D eigenvalue weighted by Gasteiger charge is 2.27. The van der Waals surface area contributed by atoms with Gasteiger partial charge in [0.2, 0.25) is 0 Å². The first-order valence-corrected chi connectivity index (χ1v) is 9.02. The van der Waals surface area contributed by atoms with Crippen molar-refractivity contribution < 1.29 is 23.8 Å². The minimum atomic E-state index is -0.361. The lowest BCUT2D eigenvalue weighted by Crippen LogP contribution is -3.28. The lowest BCUT2D eigenvalue weighted by atomic mass is 10.3. The van der Waals surface area contributed by atoms with Crippen LogP contribution in [0.2, 0.25) is 0 Å². The van der Waals surface area contributed by atoms with E-state index in [0.29, 0.717) is 18.8 Å². The van der Waals surface area contributed by atoms with Crippen LogP contribution >= 0.6 is 0 Å². The van der Waals surface area contributed by atoms with Gasteiger partial charge in [0.05, 0.1) is 0 Å². The number of amides is 2. The molecular formula is C18H29FN4O2+2. The third kappa shape index (κ3) is 6.10. The molecule has 0 unspecified atom stereocenters. The van der Waals surface area contributed by atoms with Crippen LogP contribution in [0.15, 0.2) is 24.3 Å². The van der Waals surface area contributed by atoms with Crippen LogP contribution in [0.25, 0.3) is 0 Å². The average molecular weight is 352 g/mol. The van der Waals surface area contributed by atoms with E-state index in [2.05, 4.69) is 5.32 Å². The van der Waals surface area contributed by atoms with Gasteiger partial charge in [-0.2, -0.15) is 0 Å². The van der Waals surface area contributed by atoms with E-state index < -0.39 is 0 Å². The van der Waals surface area contributed by atoms with Crippen LogP contribution in [0.4, 0.5) is 10.1 Å². The van der Waals surface area contributed by atoms with Crippen molar-refractivity contribution in [1.29, 1.82) is 0 Å². The molecule has 1 aromatic rings. The second-order valence-electron chi connectivity index (χ2n) is 6.48. The van der Waals surface area contributed by atoms with E-state index in [4.69, 9.17) is 0 Å². The summed E-state index contributed by atoms with van der Waals surface area (Å²) in [6.07, 6.45) is 0. The Bertz CT molecular complexity index is 584. The van der Waals surface area contributed by atoms with Gasteiger partial charge in [0.1, 0.15) is 32.0 Å². The minimum absolute atomic E-state index is 0.108. The number of rotatable bonds is 7. The second-order valence-corrected chi connectivity index (χ2v) is 6.48. The number of quaternary nitrogens is 2. The standard InChI is InChI=1S/C18H27FN4O2/c1-3-23(4-2)18(25)14-22-10-8-21(9-11-22)13-17(24)20-16-7-5-6-15(19)12-16/h5-7,12H,3-4,8-11,13-14H2,1-2H3,(H,20,24)/p+2. The fourth-order valence-electron chi connectivity index (χ4n) is 3.21. The van der Waals surface area contributed by atoms with Gasteiger partial charge in [-0.05, 0) is 32.0 Å². The van der Waals surface area contributed by atoms with Crippen molar-refractivity contribution >= 4 is 17.5 Å². The summed E-state index contributed by atoms with van der Waals surface area (Å²) in [4.78, 5) is 28.6. The molecule has 7 heteroatoms. The quantitative estimate of drug-likeness (QED) is 0.555. The Balaban J connectivity index is 1.73. The normalized spacial score (nSPS) is 20.1. The van der Waals surface area contributed by atoms with Crippen molar-refractivity contribution in [2.45, 2.75) is 13.8 Å². The molecule has 2 rings (SSSR count). The molecule has 1 aromatic carbocycles. The minimum Gasteiger partial charge on any atom is -0.338 e. The van der Waals surface area contributed by atoms with E-state index in [1.807, 2.05) is 18.7 Å². The summed E-state index contributed by atoms with van der Waals surface area (Å²) in [7, 11) is 0. The highest BCUT2D eigenvalue weighted by molar-refractivity contribution is 5.91. The van der Waals surface area contributed by atoms with Gasteiger partial charge in [-0.1, -0.05) is 6.07 Å². The van der Waals surface area contributed by atoms with Gasteiger partial charge in [-0.15, -0.1) is 0 Å². The maximum absolute atomic E-state index is 13.1. The summed E-state index contributed by atoms with van der Waals surface area (Å²) in [5, 5.41) is 2.74. The SMILES string of the molecule is CCN(CC)C(=O)C[NH+]1CC[NH+](CC(=O)Nc2cccc(F)c2)CC1. The number of nitrogens with zero attached hydrogens (tertiary/aromatic N) is 1. The van der Waals surface area contributed by atoms with Crippen LogP contribution in [0.5, 0.6) is 0 Å². The maximum atomic E-state index is 13.1. The molecule has 0 saturated carbocycles. The van der Waals surface area contributed by atoms with Crippen molar-refractivity contribution in [3.05, 3.63) is 30.1 Å². The molecule has 138 valence electrons. The highest BCUT2D eigenvalue weighted by atomic mass is 19.1. The largest absolute Gasteiger partial charge is 0.338 e. The maximum Gasteiger partial charge on any atom is 0.279 e. The number of anilines is 1. The first-order valence-electron chi connectivity index (χ1n) is 9.02. The molecule has 0 atom stereocenters. The first kappa shape index (κ1) is 19.3. The third-order valence-corrected chi connectivity index (χ3v) is 4.70. The van der Waals surface area contributed by atoms with E-state index in [9.17, 15) is 14.0 Å². The monoisotopic (exact) mass is 352 g/mol. The number of benzene rings is 1. The Hall–Kier alpha value is -1.99. The van der Waals surface area contributed by atoms with E-state index in [0.717, 1.165) is 39.3 Å². The van der Waals surface area contributed by atoms with E-state index in [1.165, 1.54) is 21.9 Å². The molecule has 1 aliphatic rings. The fraction of sp³-hybridized carbons (Fsp3) is 0.556. The Labute approximate surface area is 148 Å².